The molecule has 0 spiro atoms. The van der Waals surface area contributed by atoms with Crippen molar-refractivity contribution in [2.24, 2.45) is 0 Å². The third-order valence-corrected chi connectivity index (χ3v) is 3.79. The lowest BCUT2D eigenvalue weighted by atomic mass is 10.1. The van der Waals surface area contributed by atoms with Gasteiger partial charge in [-0.1, -0.05) is 18.2 Å². The molecule has 0 radical (unpaired) electrons. The molecule has 0 saturated heterocycles. The molecule has 1 aromatic heterocycles. The lowest BCUT2D eigenvalue weighted by Crippen LogP contribution is -2.17. The molecule has 1 heterocycles. The molecule has 3 nitrogen and oxygen atoms in total. The summed E-state index contributed by atoms with van der Waals surface area (Å²) in [6.07, 6.45) is 0.646. The molecule has 2 N–H and O–H groups in total. The van der Waals surface area contributed by atoms with Gasteiger partial charge in [-0.15, -0.1) is 11.3 Å². The van der Waals surface area contributed by atoms with E-state index in [-0.39, 0.29) is 11.7 Å². The highest BCUT2D eigenvalue weighted by molar-refractivity contribution is 7.10. The minimum Gasteiger partial charge on any atom is -0.325 e. The highest BCUT2D eigenvalue weighted by Gasteiger charge is 2.05. The fourth-order valence-electron chi connectivity index (χ4n) is 1.90. The van der Waals surface area contributed by atoms with Crippen LogP contribution in [0.15, 0.2) is 35.7 Å². The molecule has 0 atom stereocenters. The lowest BCUT2D eigenvalue weighted by Gasteiger charge is -2.07. The molecule has 0 aliphatic heterocycles. The summed E-state index contributed by atoms with van der Waals surface area (Å²) in [6.45, 7) is 2.85. The Bertz CT molecular complexity index is 583. The predicted molar refractivity (Wildman–Crippen MR) is 80.4 cm³/mol. The number of carbonyl (C=O) groups is 1. The van der Waals surface area contributed by atoms with E-state index in [9.17, 15) is 9.18 Å². The van der Waals surface area contributed by atoms with Gasteiger partial charge in [-0.2, -0.15) is 0 Å². The first-order valence-corrected chi connectivity index (χ1v) is 7.33. The van der Waals surface area contributed by atoms with Crippen molar-refractivity contribution in [3.05, 3.63) is 52.0 Å². The monoisotopic (exact) mass is 292 g/mol. The summed E-state index contributed by atoms with van der Waals surface area (Å²) < 4.78 is 13.4. The highest BCUT2D eigenvalue weighted by Crippen LogP contribution is 2.21. The van der Waals surface area contributed by atoms with Crippen LogP contribution in [0, 0.1) is 5.82 Å². The standard InChI is InChI=1S/C15H17FN2OS/c1-11(19)18-14-7-9-20-15(14)10-17-8-6-12-4-2-3-5-13(12)16/h2-5,7,9,17H,6,8,10H2,1H3,(H,18,19). The van der Waals surface area contributed by atoms with Gasteiger partial charge in [0.05, 0.1) is 5.69 Å². The second kappa shape index (κ2) is 7.17. The van der Waals surface area contributed by atoms with E-state index >= 15 is 0 Å². The van der Waals surface area contributed by atoms with Crippen molar-refractivity contribution in [2.75, 3.05) is 11.9 Å². The Morgan fingerprint density at radius 2 is 2.10 bits per heavy atom. The van der Waals surface area contributed by atoms with Crippen molar-refractivity contribution in [2.45, 2.75) is 19.9 Å². The van der Waals surface area contributed by atoms with Crippen molar-refractivity contribution in [1.29, 1.82) is 0 Å². The maximum atomic E-state index is 13.4. The number of nitrogens with one attached hydrogen (secondary N) is 2. The van der Waals surface area contributed by atoms with Gasteiger partial charge >= 0.3 is 0 Å². The van der Waals surface area contributed by atoms with Gasteiger partial charge in [0.15, 0.2) is 0 Å². The van der Waals surface area contributed by atoms with Crippen molar-refractivity contribution in [1.82, 2.24) is 5.32 Å². The van der Waals surface area contributed by atoms with Crippen LogP contribution in [0.3, 0.4) is 0 Å². The van der Waals surface area contributed by atoms with Crippen molar-refractivity contribution in [3.8, 4) is 0 Å². The van der Waals surface area contributed by atoms with Gasteiger partial charge in [0.25, 0.3) is 0 Å². The smallest absolute Gasteiger partial charge is 0.221 e. The Hall–Kier alpha value is -1.72. The van der Waals surface area contributed by atoms with E-state index in [0.717, 1.165) is 10.6 Å². The molecular weight excluding hydrogens is 275 g/mol. The van der Waals surface area contributed by atoms with E-state index in [1.165, 1.54) is 13.0 Å². The number of anilines is 1. The van der Waals surface area contributed by atoms with Crippen LogP contribution in [0.4, 0.5) is 10.1 Å². The van der Waals surface area contributed by atoms with E-state index in [1.807, 2.05) is 17.5 Å². The third kappa shape index (κ3) is 4.15. The Balaban J connectivity index is 1.80. The fraction of sp³-hybridized carbons (Fsp3) is 0.267. The molecule has 20 heavy (non-hydrogen) atoms. The molecule has 0 fully saturated rings. The quantitative estimate of drug-likeness (QED) is 0.803. The summed E-state index contributed by atoms with van der Waals surface area (Å²) in [7, 11) is 0. The van der Waals surface area contributed by atoms with E-state index < -0.39 is 0 Å². The number of rotatable bonds is 6. The Kier molecular flexibility index (Phi) is 5.26. The van der Waals surface area contributed by atoms with Crippen molar-refractivity contribution < 1.29 is 9.18 Å². The Morgan fingerprint density at radius 3 is 2.85 bits per heavy atom. The van der Waals surface area contributed by atoms with Crippen LogP contribution in [-0.2, 0) is 17.8 Å². The normalized spacial score (nSPS) is 10.5. The summed E-state index contributed by atoms with van der Waals surface area (Å²) in [5, 5.41) is 8.01. The van der Waals surface area contributed by atoms with E-state index in [4.69, 9.17) is 0 Å². The molecular formula is C15H17FN2OS. The van der Waals surface area contributed by atoms with Crippen LogP contribution < -0.4 is 10.6 Å². The molecule has 5 heteroatoms. The first-order valence-electron chi connectivity index (χ1n) is 6.45. The van der Waals surface area contributed by atoms with E-state index in [1.54, 1.807) is 23.5 Å². The average molecular weight is 292 g/mol. The zero-order valence-electron chi connectivity index (χ0n) is 11.3. The maximum Gasteiger partial charge on any atom is 0.221 e. The van der Waals surface area contributed by atoms with E-state index in [0.29, 0.717) is 25.1 Å². The van der Waals surface area contributed by atoms with Gasteiger partial charge in [0.2, 0.25) is 5.91 Å². The Morgan fingerprint density at radius 1 is 1.30 bits per heavy atom. The van der Waals surface area contributed by atoms with Crippen LogP contribution in [0.2, 0.25) is 0 Å². The van der Waals surface area contributed by atoms with E-state index in [2.05, 4.69) is 10.6 Å². The van der Waals surface area contributed by atoms with Crippen LogP contribution >= 0.6 is 11.3 Å². The minimum absolute atomic E-state index is 0.0731. The predicted octanol–water partition coefficient (Wildman–Crippen LogP) is 3.18. The molecule has 0 aliphatic rings. The topological polar surface area (TPSA) is 41.1 Å². The first-order chi connectivity index (χ1) is 9.66. The van der Waals surface area contributed by atoms with Gasteiger partial charge < -0.3 is 10.6 Å². The van der Waals surface area contributed by atoms with Gasteiger partial charge in [0, 0.05) is 18.3 Å². The minimum atomic E-state index is -0.163. The number of halogens is 1. The molecule has 2 aromatic rings. The van der Waals surface area contributed by atoms with Crippen LogP contribution in [-0.4, -0.2) is 12.5 Å². The van der Waals surface area contributed by atoms with Gasteiger partial charge in [0.1, 0.15) is 5.82 Å². The molecule has 1 amide bonds. The summed E-state index contributed by atoms with van der Waals surface area (Å²) in [4.78, 5) is 12.1. The maximum absolute atomic E-state index is 13.4. The van der Waals surface area contributed by atoms with Crippen molar-refractivity contribution >= 4 is 22.9 Å². The number of thiophene rings is 1. The van der Waals surface area contributed by atoms with Gasteiger partial charge in [-0.3, -0.25) is 4.79 Å². The lowest BCUT2D eigenvalue weighted by molar-refractivity contribution is -0.114. The number of benzene rings is 1. The molecule has 0 saturated carbocycles. The number of amides is 1. The summed E-state index contributed by atoms with van der Waals surface area (Å²) >= 11 is 1.59. The summed E-state index contributed by atoms with van der Waals surface area (Å²) in [5.41, 5.74) is 1.56. The fourth-order valence-corrected chi connectivity index (χ4v) is 2.70. The molecule has 0 aliphatic carbocycles. The zero-order chi connectivity index (χ0) is 14.4. The summed E-state index contributed by atoms with van der Waals surface area (Å²) in [5.74, 6) is -0.236. The largest absolute Gasteiger partial charge is 0.325 e. The SMILES string of the molecule is CC(=O)Nc1ccsc1CNCCc1ccccc1F. The number of hydrogen-bond acceptors (Lipinski definition) is 3. The third-order valence-electron chi connectivity index (χ3n) is 2.87. The first kappa shape index (κ1) is 14.7. The zero-order valence-corrected chi connectivity index (χ0v) is 12.1. The van der Waals surface area contributed by atoms with Gasteiger partial charge in [-0.05, 0) is 36.0 Å². The second-order valence-corrected chi connectivity index (χ2v) is 5.46. The van der Waals surface area contributed by atoms with Crippen LogP contribution in [0.5, 0.6) is 0 Å². The Labute approximate surface area is 121 Å². The molecule has 2 rings (SSSR count). The molecule has 1 aromatic carbocycles. The average Bonchev–Trinajstić information content (AvgIpc) is 2.83. The molecule has 0 bridgehead atoms. The summed E-state index contributed by atoms with van der Waals surface area (Å²) in [6, 6.07) is 8.69. The number of carbonyl (C=O) groups excluding carboxylic acids is 1. The molecule has 106 valence electrons. The van der Waals surface area contributed by atoms with Gasteiger partial charge in [-0.25, -0.2) is 4.39 Å². The highest BCUT2D eigenvalue weighted by atomic mass is 32.1. The van der Waals surface area contributed by atoms with Crippen molar-refractivity contribution in [3.63, 3.8) is 0 Å². The second-order valence-electron chi connectivity index (χ2n) is 4.46. The van der Waals surface area contributed by atoms with Crippen LogP contribution in [0.1, 0.15) is 17.4 Å². The number of hydrogen-bond donors (Lipinski definition) is 2. The molecule has 0 unspecified atom stereocenters. The van der Waals surface area contributed by atoms with Crippen LogP contribution in [0.25, 0.3) is 0 Å².